The monoisotopic (exact) mass is 513 g/mol. The molecule has 8 heteroatoms. The molecule has 4 rings (SSSR count). The maximum absolute atomic E-state index is 13.3. The molecule has 196 valence electrons. The molecule has 2 aliphatic rings. The fourth-order valence-electron chi connectivity index (χ4n) is 5.35. The first-order valence-electron chi connectivity index (χ1n) is 12.7. The highest BCUT2D eigenvalue weighted by molar-refractivity contribution is 7.89. The number of amides is 1. The SMILES string of the molecule is CN(C[C@@](C)(CCN1CC2CN(C(=O)OC(C)(C)C)[C@H]2C1)c1ccccc1)S(=O)(=O)c1ccccc1. The second-order valence-electron chi connectivity index (χ2n) is 11.5. The van der Waals surface area contributed by atoms with Crippen molar-refractivity contribution in [3.63, 3.8) is 0 Å². The number of likely N-dealkylation sites (N-methyl/N-ethyl adjacent to an activating group) is 1. The molecule has 2 aromatic carbocycles. The first-order chi connectivity index (χ1) is 16.9. The van der Waals surface area contributed by atoms with Crippen LogP contribution in [0.2, 0.25) is 0 Å². The first kappa shape index (κ1) is 26.6. The van der Waals surface area contributed by atoms with Gasteiger partial charge in [-0.25, -0.2) is 17.5 Å². The van der Waals surface area contributed by atoms with Gasteiger partial charge in [0.05, 0.1) is 10.9 Å². The van der Waals surface area contributed by atoms with Crippen molar-refractivity contribution in [2.75, 3.05) is 39.8 Å². The van der Waals surface area contributed by atoms with E-state index in [2.05, 4.69) is 24.0 Å². The molecule has 0 saturated carbocycles. The van der Waals surface area contributed by atoms with Gasteiger partial charge in [0, 0.05) is 44.6 Å². The molecule has 0 bridgehead atoms. The number of carbonyl (C=O) groups is 1. The molecular weight excluding hydrogens is 474 g/mol. The predicted molar refractivity (Wildman–Crippen MR) is 141 cm³/mol. The standard InChI is InChI=1S/C28H39N3O4S/c1-27(2,3)35-26(32)31-19-22-18-30(20-25(22)31)17-16-28(4,23-12-8-6-9-13-23)21-29(5)36(33,34)24-14-10-7-11-15-24/h6-15,22,25H,16-21H2,1-5H3/t22?,25-,28+/m0/s1. The summed E-state index contributed by atoms with van der Waals surface area (Å²) in [5.41, 5.74) is 0.256. The molecule has 2 fully saturated rings. The molecule has 0 N–H and O–H groups in total. The van der Waals surface area contributed by atoms with E-state index >= 15 is 0 Å². The van der Waals surface area contributed by atoms with Gasteiger partial charge in [-0.1, -0.05) is 55.5 Å². The predicted octanol–water partition coefficient (Wildman–Crippen LogP) is 4.21. The van der Waals surface area contributed by atoms with E-state index in [1.807, 2.05) is 49.9 Å². The summed E-state index contributed by atoms with van der Waals surface area (Å²) in [5.74, 6) is 0.474. The van der Waals surface area contributed by atoms with Crippen LogP contribution in [0.1, 0.15) is 39.7 Å². The fraction of sp³-hybridized carbons (Fsp3) is 0.536. The van der Waals surface area contributed by atoms with Crippen molar-refractivity contribution in [1.29, 1.82) is 0 Å². The summed E-state index contributed by atoms with van der Waals surface area (Å²) >= 11 is 0. The number of hydrogen-bond acceptors (Lipinski definition) is 5. The molecule has 1 unspecified atom stereocenters. The van der Waals surface area contributed by atoms with Crippen molar-refractivity contribution in [1.82, 2.24) is 14.1 Å². The third-order valence-electron chi connectivity index (χ3n) is 7.42. The first-order valence-corrected chi connectivity index (χ1v) is 14.1. The fourth-order valence-corrected chi connectivity index (χ4v) is 6.66. The Bertz CT molecular complexity index is 1150. The van der Waals surface area contributed by atoms with E-state index < -0.39 is 15.6 Å². The van der Waals surface area contributed by atoms with Gasteiger partial charge in [0.1, 0.15) is 5.60 Å². The van der Waals surface area contributed by atoms with Crippen LogP contribution in [0.3, 0.4) is 0 Å². The number of sulfonamides is 1. The summed E-state index contributed by atoms with van der Waals surface area (Å²) < 4.78 is 33.6. The van der Waals surface area contributed by atoms with E-state index in [4.69, 9.17) is 4.74 Å². The number of likely N-dealkylation sites (tertiary alicyclic amines) is 2. The van der Waals surface area contributed by atoms with E-state index in [9.17, 15) is 13.2 Å². The molecule has 3 atom stereocenters. The lowest BCUT2D eigenvalue weighted by atomic mass is 9.79. The van der Waals surface area contributed by atoms with Crippen molar-refractivity contribution >= 4 is 16.1 Å². The molecule has 0 spiro atoms. The van der Waals surface area contributed by atoms with Crippen molar-refractivity contribution in [3.05, 3.63) is 66.2 Å². The Morgan fingerprint density at radius 1 is 0.972 bits per heavy atom. The number of rotatable bonds is 8. The maximum atomic E-state index is 13.3. The highest BCUT2D eigenvalue weighted by atomic mass is 32.2. The molecule has 2 heterocycles. The van der Waals surface area contributed by atoms with Crippen molar-refractivity contribution < 1.29 is 17.9 Å². The molecule has 2 aliphatic heterocycles. The topological polar surface area (TPSA) is 70.2 Å². The Kier molecular flexibility index (Phi) is 7.51. The molecule has 7 nitrogen and oxygen atoms in total. The van der Waals surface area contributed by atoms with Gasteiger partial charge in [0.2, 0.25) is 10.0 Å². The summed E-state index contributed by atoms with van der Waals surface area (Å²) in [5, 5.41) is 0. The third-order valence-corrected chi connectivity index (χ3v) is 9.23. The summed E-state index contributed by atoms with van der Waals surface area (Å²) in [6, 6.07) is 19.0. The van der Waals surface area contributed by atoms with Crippen LogP contribution in [-0.2, 0) is 20.2 Å². The summed E-state index contributed by atoms with van der Waals surface area (Å²) in [6.45, 7) is 11.5. The van der Waals surface area contributed by atoms with E-state index in [0.29, 0.717) is 17.4 Å². The average molecular weight is 514 g/mol. The van der Waals surface area contributed by atoms with Crippen LogP contribution in [0.15, 0.2) is 65.6 Å². The number of ether oxygens (including phenoxy) is 1. The maximum Gasteiger partial charge on any atom is 0.410 e. The largest absolute Gasteiger partial charge is 0.444 e. The zero-order chi connectivity index (χ0) is 26.1. The van der Waals surface area contributed by atoms with Crippen molar-refractivity contribution in [3.8, 4) is 0 Å². The quantitative estimate of drug-likeness (QED) is 0.529. The minimum absolute atomic E-state index is 0.198. The molecule has 0 aromatic heterocycles. The number of fused-ring (bicyclic) bond motifs is 1. The van der Waals surface area contributed by atoms with Crippen LogP contribution in [0.5, 0.6) is 0 Å². The number of hydrogen-bond donors (Lipinski definition) is 0. The van der Waals surface area contributed by atoms with Gasteiger partial charge in [0.15, 0.2) is 0 Å². The minimum Gasteiger partial charge on any atom is -0.444 e. The minimum atomic E-state index is -3.60. The van der Waals surface area contributed by atoms with Crippen LogP contribution in [0.25, 0.3) is 0 Å². The Morgan fingerprint density at radius 3 is 2.19 bits per heavy atom. The van der Waals surface area contributed by atoms with E-state index in [1.54, 1.807) is 31.3 Å². The second kappa shape index (κ2) is 10.1. The zero-order valence-electron chi connectivity index (χ0n) is 22.1. The van der Waals surface area contributed by atoms with Gasteiger partial charge in [0.25, 0.3) is 0 Å². The number of benzene rings is 2. The van der Waals surface area contributed by atoms with Gasteiger partial charge in [-0.15, -0.1) is 0 Å². The van der Waals surface area contributed by atoms with Crippen LogP contribution in [0, 0.1) is 5.92 Å². The van der Waals surface area contributed by atoms with Gasteiger partial charge in [-0.2, -0.15) is 0 Å². The summed E-state index contributed by atoms with van der Waals surface area (Å²) in [7, 11) is -1.93. The average Bonchev–Trinajstić information content (AvgIpc) is 3.13. The lowest BCUT2D eigenvalue weighted by molar-refractivity contribution is -0.0164. The van der Waals surface area contributed by atoms with Gasteiger partial charge in [-0.05, 0) is 51.4 Å². The van der Waals surface area contributed by atoms with Crippen LogP contribution in [-0.4, -0.2) is 80.0 Å². The van der Waals surface area contributed by atoms with E-state index in [1.165, 1.54) is 4.31 Å². The lowest BCUT2D eigenvalue weighted by Gasteiger charge is -2.43. The summed E-state index contributed by atoms with van der Waals surface area (Å²) in [4.78, 5) is 17.1. The highest BCUT2D eigenvalue weighted by Gasteiger charge is 2.49. The van der Waals surface area contributed by atoms with E-state index in [-0.39, 0.29) is 17.6 Å². The van der Waals surface area contributed by atoms with Gasteiger partial charge >= 0.3 is 6.09 Å². The Morgan fingerprint density at radius 2 is 1.58 bits per heavy atom. The molecule has 2 aromatic rings. The smallest absolute Gasteiger partial charge is 0.410 e. The molecule has 2 saturated heterocycles. The van der Waals surface area contributed by atoms with E-state index in [0.717, 1.165) is 38.2 Å². The molecule has 0 aliphatic carbocycles. The zero-order valence-corrected chi connectivity index (χ0v) is 22.9. The third kappa shape index (κ3) is 5.76. The Hall–Kier alpha value is -2.42. The lowest BCUT2D eigenvalue weighted by Crippen LogP contribution is -2.59. The number of carbonyl (C=O) groups excluding carboxylic acids is 1. The molecule has 1 amide bonds. The molecule has 36 heavy (non-hydrogen) atoms. The van der Waals surface area contributed by atoms with Crippen molar-refractivity contribution in [2.45, 2.75) is 56.1 Å². The number of nitrogens with zero attached hydrogens (tertiary/aromatic N) is 3. The molecular formula is C28H39N3O4S. The second-order valence-corrected chi connectivity index (χ2v) is 13.5. The van der Waals surface area contributed by atoms with Gasteiger partial charge in [-0.3, -0.25) is 0 Å². The van der Waals surface area contributed by atoms with Crippen LogP contribution in [0.4, 0.5) is 4.79 Å². The van der Waals surface area contributed by atoms with Crippen LogP contribution >= 0.6 is 0 Å². The van der Waals surface area contributed by atoms with Crippen LogP contribution < -0.4 is 0 Å². The summed E-state index contributed by atoms with van der Waals surface area (Å²) in [6.07, 6.45) is 0.574. The Balaban J connectivity index is 1.44. The van der Waals surface area contributed by atoms with Crippen molar-refractivity contribution in [2.24, 2.45) is 5.92 Å². The Labute approximate surface area is 216 Å². The highest BCUT2D eigenvalue weighted by Crippen LogP contribution is 2.36. The van der Waals surface area contributed by atoms with Gasteiger partial charge < -0.3 is 14.5 Å². The normalized spacial score (nSPS) is 22.1. The molecule has 0 radical (unpaired) electrons.